The number of hydrogen-bond acceptors (Lipinski definition) is 4. The molecular weight excluding hydrogens is 376 g/mol. The minimum atomic E-state index is -0.971. The molecule has 0 saturated heterocycles. The van der Waals surface area contributed by atoms with Crippen molar-refractivity contribution >= 4 is 17.5 Å². The van der Waals surface area contributed by atoms with Crippen molar-refractivity contribution < 1.29 is 9.90 Å². The topological polar surface area (TPSA) is 80.0 Å². The molecule has 2 fully saturated rings. The van der Waals surface area contributed by atoms with Crippen LogP contribution in [0, 0.1) is 17.8 Å². The van der Waals surface area contributed by atoms with Crippen molar-refractivity contribution in [3.05, 3.63) is 46.7 Å². The van der Waals surface area contributed by atoms with E-state index in [1.807, 2.05) is 10.9 Å². The SMILES string of the molecule is CCC(NC(=O)c1ccc(Cl)cc1)C1C2CC(n3cc(C(C)(C)O)nn3)CC21. The molecule has 0 aliphatic heterocycles. The quantitative estimate of drug-likeness (QED) is 0.774. The van der Waals surface area contributed by atoms with E-state index in [1.165, 1.54) is 0 Å². The molecule has 2 saturated carbocycles. The van der Waals surface area contributed by atoms with Gasteiger partial charge in [-0.3, -0.25) is 4.79 Å². The predicted molar refractivity (Wildman–Crippen MR) is 107 cm³/mol. The van der Waals surface area contributed by atoms with Gasteiger partial charge in [0.05, 0.1) is 12.2 Å². The van der Waals surface area contributed by atoms with E-state index >= 15 is 0 Å². The van der Waals surface area contributed by atoms with Gasteiger partial charge in [-0.2, -0.15) is 0 Å². The molecule has 4 rings (SSSR count). The number of benzene rings is 1. The van der Waals surface area contributed by atoms with Crippen LogP contribution in [0.25, 0.3) is 0 Å². The lowest BCUT2D eigenvalue weighted by molar-refractivity contribution is 0.0737. The van der Waals surface area contributed by atoms with Crippen LogP contribution in [0.3, 0.4) is 0 Å². The number of nitrogens with zero attached hydrogens (tertiary/aromatic N) is 3. The molecule has 150 valence electrons. The van der Waals surface area contributed by atoms with Gasteiger partial charge in [0.1, 0.15) is 11.3 Å². The molecule has 3 atom stereocenters. The van der Waals surface area contributed by atoms with Crippen molar-refractivity contribution in [2.45, 2.75) is 57.7 Å². The molecule has 1 aromatic carbocycles. The maximum absolute atomic E-state index is 12.6. The highest BCUT2D eigenvalue weighted by Crippen LogP contribution is 2.62. The average Bonchev–Trinajstić information content (AvgIpc) is 3.05. The first kappa shape index (κ1) is 19.4. The van der Waals surface area contributed by atoms with Gasteiger partial charge in [0.25, 0.3) is 5.91 Å². The number of aliphatic hydroxyl groups is 1. The minimum absolute atomic E-state index is 0.0314. The van der Waals surface area contributed by atoms with Crippen molar-refractivity contribution in [1.29, 1.82) is 0 Å². The monoisotopic (exact) mass is 402 g/mol. The maximum atomic E-state index is 12.6. The fourth-order valence-corrected chi connectivity index (χ4v) is 4.86. The molecule has 0 radical (unpaired) electrons. The van der Waals surface area contributed by atoms with Crippen molar-refractivity contribution in [1.82, 2.24) is 20.3 Å². The van der Waals surface area contributed by atoms with Crippen LogP contribution in [-0.2, 0) is 5.60 Å². The molecule has 2 aliphatic carbocycles. The van der Waals surface area contributed by atoms with E-state index in [0.717, 1.165) is 19.3 Å². The third-order valence-corrected chi connectivity index (χ3v) is 6.58. The molecule has 2 N–H and O–H groups in total. The van der Waals surface area contributed by atoms with Gasteiger partial charge in [-0.1, -0.05) is 23.7 Å². The van der Waals surface area contributed by atoms with Crippen LogP contribution < -0.4 is 5.32 Å². The Labute approximate surface area is 170 Å². The van der Waals surface area contributed by atoms with Crippen LogP contribution in [0.2, 0.25) is 5.02 Å². The van der Waals surface area contributed by atoms with Gasteiger partial charge >= 0.3 is 0 Å². The van der Waals surface area contributed by atoms with E-state index in [2.05, 4.69) is 22.6 Å². The van der Waals surface area contributed by atoms with Crippen molar-refractivity contribution in [2.24, 2.45) is 17.8 Å². The van der Waals surface area contributed by atoms with Gasteiger partial charge in [-0.15, -0.1) is 5.10 Å². The molecule has 2 aliphatic rings. The number of amides is 1. The summed E-state index contributed by atoms with van der Waals surface area (Å²) in [5, 5.41) is 22.3. The molecule has 6 nitrogen and oxygen atoms in total. The molecule has 0 spiro atoms. The minimum Gasteiger partial charge on any atom is -0.384 e. The first-order valence-corrected chi connectivity index (χ1v) is 10.4. The van der Waals surface area contributed by atoms with Gasteiger partial charge in [0.2, 0.25) is 0 Å². The number of fused-ring (bicyclic) bond motifs is 1. The highest BCUT2D eigenvalue weighted by atomic mass is 35.5. The van der Waals surface area contributed by atoms with Crippen LogP contribution in [0.4, 0.5) is 0 Å². The Balaban J connectivity index is 1.35. The van der Waals surface area contributed by atoms with Crippen LogP contribution in [0.5, 0.6) is 0 Å². The molecule has 0 bridgehead atoms. The fourth-order valence-electron chi connectivity index (χ4n) is 4.73. The maximum Gasteiger partial charge on any atom is 0.251 e. The van der Waals surface area contributed by atoms with E-state index in [-0.39, 0.29) is 11.9 Å². The summed E-state index contributed by atoms with van der Waals surface area (Å²) in [5.74, 6) is 1.75. The standard InChI is InChI=1S/C21H27ClN4O2/c1-4-17(23-20(27)12-5-7-13(22)8-6-12)19-15-9-14(10-16(15)19)26-11-18(24-25-26)21(2,3)28/h5-8,11,14-17,19,28H,4,9-10H2,1-3H3,(H,23,27). The Morgan fingerprint density at radius 2 is 1.96 bits per heavy atom. The number of halogens is 1. The summed E-state index contributed by atoms with van der Waals surface area (Å²) in [6, 6.07) is 7.54. The zero-order chi connectivity index (χ0) is 20.1. The lowest BCUT2D eigenvalue weighted by atomic mass is 9.99. The van der Waals surface area contributed by atoms with Crippen LogP contribution in [0.1, 0.15) is 62.1 Å². The number of nitrogens with one attached hydrogen (secondary N) is 1. The second-order valence-electron chi connectivity index (χ2n) is 8.67. The fraction of sp³-hybridized carbons (Fsp3) is 0.571. The van der Waals surface area contributed by atoms with Gasteiger partial charge in [0, 0.05) is 16.6 Å². The largest absolute Gasteiger partial charge is 0.384 e. The van der Waals surface area contributed by atoms with E-state index in [0.29, 0.717) is 40.1 Å². The lowest BCUT2D eigenvalue weighted by Crippen LogP contribution is -2.37. The van der Waals surface area contributed by atoms with Crippen molar-refractivity contribution in [3.63, 3.8) is 0 Å². The van der Waals surface area contributed by atoms with E-state index in [9.17, 15) is 9.90 Å². The van der Waals surface area contributed by atoms with Crippen molar-refractivity contribution in [2.75, 3.05) is 0 Å². The van der Waals surface area contributed by atoms with E-state index in [1.54, 1.807) is 38.1 Å². The Morgan fingerprint density at radius 1 is 1.32 bits per heavy atom. The predicted octanol–water partition coefficient (Wildman–Crippen LogP) is 3.56. The highest BCUT2D eigenvalue weighted by molar-refractivity contribution is 6.30. The van der Waals surface area contributed by atoms with Gasteiger partial charge in [0.15, 0.2) is 0 Å². The van der Waals surface area contributed by atoms with Gasteiger partial charge < -0.3 is 10.4 Å². The molecule has 3 unspecified atom stereocenters. The summed E-state index contributed by atoms with van der Waals surface area (Å²) in [6.07, 6.45) is 4.90. The van der Waals surface area contributed by atoms with Gasteiger partial charge in [-0.05, 0) is 75.1 Å². The number of hydrogen-bond donors (Lipinski definition) is 2. The van der Waals surface area contributed by atoms with E-state index in [4.69, 9.17) is 11.6 Å². The molecule has 2 aromatic rings. The second-order valence-corrected chi connectivity index (χ2v) is 9.10. The molecule has 1 amide bonds. The number of carbonyl (C=O) groups is 1. The lowest BCUT2D eigenvalue weighted by Gasteiger charge is -2.21. The average molecular weight is 403 g/mol. The summed E-state index contributed by atoms with van der Waals surface area (Å²) in [7, 11) is 0. The Morgan fingerprint density at radius 3 is 2.50 bits per heavy atom. The second kappa shape index (κ2) is 7.16. The number of carbonyl (C=O) groups excluding carboxylic acids is 1. The molecule has 28 heavy (non-hydrogen) atoms. The molecular formula is C21H27ClN4O2. The first-order valence-electron chi connectivity index (χ1n) is 9.99. The van der Waals surface area contributed by atoms with Crippen LogP contribution in [-0.4, -0.2) is 32.0 Å². The number of rotatable bonds is 6. The normalized spacial score (nSPS) is 27.3. The Hall–Kier alpha value is -1.92. The summed E-state index contributed by atoms with van der Waals surface area (Å²) in [5.41, 5.74) is 0.279. The summed E-state index contributed by atoms with van der Waals surface area (Å²) >= 11 is 5.91. The molecule has 1 aromatic heterocycles. The van der Waals surface area contributed by atoms with Crippen LogP contribution >= 0.6 is 11.6 Å². The van der Waals surface area contributed by atoms with Crippen molar-refractivity contribution in [3.8, 4) is 0 Å². The molecule has 7 heteroatoms. The van der Waals surface area contributed by atoms with E-state index < -0.39 is 5.60 Å². The highest BCUT2D eigenvalue weighted by Gasteiger charge is 2.59. The zero-order valence-electron chi connectivity index (χ0n) is 16.5. The summed E-state index contributed by atoms with van der Waals surface area (Å²) in [4.78, 5) is 12.6. The number of aromatic nitrogens is 3. The van der Waals surface area contributed by atoms with Gasteiger partial charge in [-0.25, -0.2) is 4.68 Å². The summed E-state index contributed by atoms with van der Waals surface area (Å²) < 4.78 is 1.91. The Kier molecular flexibility index (Phi) is 4.96. The summed E-state index contributed by atoms with van der Waals surface area (Å²) in [6.45, 7) is 5.57. The zero-order valence-corrected chi connectivity index (χ0v) is 17.2. The third kappa shape index (κ3) is 3.67. The van der Waals surface area contributed by atoms with Crippen LogP contribution in [0.15, 0.2) is 30.5 Å². The molecule has 1 heterocycles. The first-order chi connectivity index (χ1) is 13.3. The smallest absolute Gasteiger partial charge is 0.251 e. The Bertz CT molecular complexity index is 846. The third-order valence-electron chi connectivity index (χ3n) is 6.32.